The average Bonchev–Trinajstić information content (AvgIpc) is 2.30. The number of thioether (sulfide) groups is 1. The van der Waals surface area contributed by atoms with Crippen molar-refractivity contribution in [1.29, 1.82) is 0 Å². The third-order valence-corrected chi connectivity index (χ3v) is 4.23. The fourth-order valence-corrected chi connectivity index (χ4v) is 2.85. The van der Waals surface area contributed by atoms with E-state index in [0.717, 1.165) is 26.5 Å². The number of nitrogens with zero attached hydrogens (tertiary/aromatic N) is 2. The Morgan fingerprint density at radius 3 is 2.76 bits per heavy atom. The molecule has 0 saturated heterocycles. The van der Waals surface area contributed by atoms with E-state index in [4.69, 9.17) is 17.3 Å². The van der Waals surface area contributed by atoms with Crippen LogP contribution in [0.15, 0.2) is 40.0 Å². The summed E-state index contributed by atoms with van der Waals surface area (Å²) >= 11 is 10.8. The minimum atomic E-state index is 0.410. The molecule has 1 aromatic heterocycles. The minimum Gasteiger partial charge on any atom is -0.399 e. The van der Waals surface area contributed by atoms with Crippen LogP contribution in [0.5, 0.6) is 0 Å². The Balaban J connectivity index is 2.04. The highest BCUT2D eigenvalue weighted by molar-refractivity contribution is 9.10. The van der Waals surface area contributed by atoms with Gasteiger partial charge < -0.3 is 5.73 Å². The Kier molecular flexibility index (Phi) is 4.25. The van der Waals surface area contributed by atoms with Gasteiger partial charge in [0.2, 0.25) is 0 Å². The third kappa shape index (κ3) is 3.59. The van der Waals surface area contributed by atoms with Gasteiger partial charge >= 0.3 is 0 Å². The Morgan fingerprint density at radius 2 is 2.12 bits per heavy atom. The van der Waals surface area contributed by atoms with Crippen LogP contribution in [0, 0.1) is 0 Å². The second-order valence-electron chi connectivity index (χ2n) is 3.31. The number of nitrogens with two attached hydrogens (primary N) is 1. The molecule has 0 aliphatic heterocycles. The maximum atomic E-state index is 5.68. The number of benzene rings is 1. The molecule has 2 N–H and O–H groups in total. The van der Waals surface area contributed by atoms with Crippen molar-refractivity contribution in [2.75, 3.05) is 5.73 Å². The van der Waals surface area contributed by atoms with E-state index in [1.165, 1.54) is 0 Å². The molecule has 3 nitrogen and oxygen atoms in total. The quantitative estimate of drug-likeness (QED) is 0.687. The van der Waals surface area contributed by atoms with Gasteiger partial charge in [-0.1, -0.05) is 11.6 Å². The maximum Gasteiger partial charge on any atom is 0.147 e. The molecule has 0 unspecified atom stereocenters. The Hall–Kier alpha value is -0.780. The SMILES string of the molecule is Nc1ccc(SCc2cnc(Cl)cn2)c(Br)c1. The largest absolute Gasteiger partial charge is 0.399 e. The van der Waals surface area contributed by atoms with Crippen LogP contribution in [-0.2, 0) is 5.75 Å². The van der Waals surface area contributed by atoms with Crippen LogP contribution in [-0.4, -0.2) is 9.97 Å². The fraction of sp³-hybridized carbons (Fsp3) is 0.0909. The monoisotopic (exact) mass is 329 g/mol. The van der Waals surface area contributed by atoms with E-state index in [9.17, 15) is 0 Å². The lowest BCUT2D eigenvalue weighted by molar-refractivity contribution is 1.10. The van der Waals surface area contributed by atoms with Crippen LogP contribution in [0.25, 0.3) is 0 Å². The van der Waals surface area contributed by atoms with Crippen LogP contribution in [0.4, 0.5) is 5.69 Å². The summed E-state index contributed by atoms with van der Waals surface area (Å²) in [6.07, 6.45) is 3.23. The molecule has 0 amide bonds. The molecular formula is C11H9BrClN3S. The predicted molar refractivity (Wildman–Crippen MR) is 75.2 cm³/mol. The van der Waals surface area contributed by atoms with Gasteiger partial charge in [0.15, 0.2) is 0 Å². The summed E-state index contributed by atoms with van der Waals surface area (Å²) in [6.45, 7) is 0. The minimum absolute atomic E-state index is 0.410. The van der Waals surface area contributed by atoms with Crippen molar-refractivity contribution >= 4 is 45.0 Å². The number of aromatic nitrogens is 2. The average molecular weight is 331 g/mol. The third-order valence-electron chi connectivity index (χ3n) is 2.01. The lowest BCUT2D eigenvalue weighted by Crippen LogP contribution is -1.89. The highest BCUT2D eigenvalue weighted by Crippen LogP contribution is 2.30. The van der Waals surface area contributed by atoms with Crippen molar-refractivity contribution < 1.29 is 0 Å². The second kappa shape index (κ2) is 5.71. The molecule has 88 valence electrons. The van der Waals surface area contributed by atoms with Gasteiger partial charge in [-0.15, -0.1) is 11.8 Å². The Morgan fingerprint density at radius 1 is 1.29 bits per heavy atom. The molecule has 0 fully saturated rings. The molecule has 6 heteroatoms. The summed E-state index contributed by atoms with van der Waals surface area (Å²) < 4.78 is 0.990. The number of anilines is 1. The zero-order chi connectivity index (χ0) is 12.3. The van der Waals surface area contributed by atoms with Gasteiger partial charge in [-0.3, -0.25) is 4.98 Å². The molecule has 0 aliphatic rings. The Bertz CT molecular complexity index is 519. The van der Waals surface area contributed by atoms with Gasteiger partial charge in [0.1, 0.15) is 5.15 Å². The maximum absolute atomic E-state index is 5.68. The van der Waals surface area contributed by atoms with Crippen molar-refractivity contribution in [3.63, 3.8) is 0 Å². The van der Waals surface area contributed by atoms with E-state index in [0.29, 0.717) is 5.15 Å². The van der Waals surface area contributed by atoms with Crippen molar-refractivity contribution in [2.45, 2.75) is 10.6 Å². The number of halogens is 2. The van der Waals surface area contributed by atoms with Crippen LogP contribution >= 0.6 is 39.3 Å². The van der Waals surface area contributed by atoms with Gasteiger partial charge in [0.05, 0.1) is 18.1 Å². The second-order valence-corrected chi connectivity index (χ2v) is 5.57. The summed E-state index contributed by atoms with van der Waals surface area (Å²) in [4.78, 5) is 9.29. The highest BCUT2D eigenvalue weighted by Gasteiger charge is 2.03. The molecule has 1 heterocycles. The molecule has 0 aliphatic carbocycles. The molecular weight excluding hydrogens is 322 g/mol. The summed E-state index contributed by atoms with van der Waals surface area (Å²) in [7, 11) is 0. The lowest BCUT2D eigenvalue weighted by Gasteiger charge is -2.04. The van der Waals surface area contributed by atoms with Gasteiger partial charge in [0, 0.05) is 20.8 Å². The van der Waals surface area contributed by atoms with Crippen molar-refractivity contribution in [2.24, 2.45) is 0 Å². The van der Waals surface area contributed by atoms with Gasteiger partial charge in [-0.25, -0.2) is 4.98 Å². The van der Waals surface area contributed by atoms with Crippen molar-refractivity contribution in [3.05, 3.63) is 45.9 Å². The topological polar surface area (TPSA) is 51.8 Å². The smallest absolute Gasteiger partial charge is 0.147 e. The first kappa shape index (κ1) is 12.7. The number of hydrogen-bond donors (Lipinski definition) is 1. The van der Waals surface area contributed by atoms with Crippen LogP contribution in [0.3, 0.4) is 0 Å². The van der Waals surface area contributed by atoms with E-state index < -0.39 is 0 Å². The van der Waals surface area contributed by atoms with E-state index in [1.807, 2.05) is 18.2 Å². The van der Waals surface area contributed by atoms with E-state index in [1.54, 1.807) is 24.2 Å². The molecule has 0 spiro atoms. The van der Waals surface area contributed by atoms with Gasteiger partial charge in [-0.2, -0.15) is 0 Å². The van der Waals surface area contributed by atoms with E-state index in [2.05, 4.69) is 25.9 Å². The van der Waals surface area contributed by atoms with Crippen molar-refractivity contribution in [1.82, 2.24) is 9.97 Å². The predicted octanol–water partition coefficient (Wildman–Crippen LogP) is 3.77. The number of hydrogen-bond acceptors (Lipinski definition) is 4. The summed E-state index contributed by atoms with van der Waals surface area (Å²) in [6, 6.07) is 5.74. The molecule has 1 aromatic carbocycles. The van der Waals surface area contributed by atoms with Gasteiger partial charge in [-0.05, 0) is 34.1 Å². The Labute approximate surface area is 117 Å². The first-order chi connectivity index (χ1) is 8.15. The number of nitrogen functional groups attached to an aromatic ring is 1. The van der Waals surface area contributed by atoms with Crippen molar-refractivity contribution in [3.8, 4) is 0 Å². The molecule has 2 aromatic rings. The van der Waals surface area contributed by atoms with Crippen LogP contribution in [0.1, 0.15) is 5.69 Å². The normalized spacial score (nSPS) is 10.5. The van der Waals surface area contributed by atoms with E-state index in [-0.39, 0.29) is 0 Å². The highest BCUT2D eigenvalue weighted by atomic mass is 79.9. The van der Waals surface area contributed by atoms with Gasteiger partial charge in [0.25, 0.3) is 0 Å². The molecule has 2 rings (SSSR count). The fourth-order valence-electron chi connectivity index (χ4n) is 1.20. The molecule has 0 bridgehead atoms. The number of rotatable bonds is 3. The summed E-state index contributed by atoms with van der Waals surface area (Å²) in [5.74, 6) is 0.743. The van der Waals surface area contributed by atoms with Crippen LogP contribution < -0.4 is 5.73 Å². The zero-order valence-corrected chi connectivity index (χ0v) is 11.9. The molecule has 0 atom stereocenters. The standard InChI is InChI=1S/C11H9BrClN3S/c12-9-3-7(14)1-2-10(9)17-6-8-4-16-11(13)5-15-8/h1-5H,6,14H2. The molecule has 17 heavy (non-hydrogen) atoms. The first-order valence-corrected chi connectivity index (χ1v) is 6.95. The van der Waals surface area contributed by atoms with Crippen LogP contribution in [0.2, 0.25) is 5.15 Å². The first-order valence-electron chi connectivity index (χ1n) is 4.79. The molecule has 0 saturated carbocycles. The van der Waals surface area contributed by atoms with E-state index >= 15 is 0 Å². The molecule has 0 radical (unpaired) electrons. The lowest BCUT2D eigenvalue weighted by atomic mass is 10.3. The summed E-state index contributed by atoms with van der Waals surface area (Å²) in [5, 5.41) is 0.410. The zero-order valence-electron chi connectivity index (χ0n) is 8.73. The summed E-state index contributed by atoms with van der Waals surface area (Å²) in [5.41, 5.74) is 7.31.